The summed E-state index contributed by atoms with van der Waals surface area (Å²) < 4.78 is 5.10. The van der Waals surface area contributed by atoms with Gasteiger partial charge in [-0.3, -0.25) is 4.79 Å². The number of fused-ring (bicyclic) bond motifs is 1. The average molecular weight is 298 g/mol. The minimum atomic E-state index is -0.525. The van der Waals surface area contributed by atoms with Crippen molar-refractivity contribution in [1.29, 1.82) is 0 Å². The lowest BCUT2D eigenvalue weighted by atomic mass is 10.1. The molecule has 114 valence electrons. The number of hydrogen-bond acceptors (Lipinski definition) is 3. The Morgan fingerprint density at radius 3 is 2.77 bits per heavy atom. The van der Waals surface area contributed by atoms with Crippen LogP contribution in [0.1, 0.15) is 26.3 Å². The Hall–Kier alpha value is -2.74. The third kappa shape index (κ3) is 4.67. The molecular formula is C17H18N2O3. The van der Waals surface area contributed by atoms with Crippen LogP contribution in [0.4, 0.5) is 4.79 Å². The Morgan fingerprint density at radius 1 is 1.27 bits per heavy atom. The van der Waals surface area contributed by atoms with Crippen molar-refractivity contribution in [2.24, 2.45) is 0 Å². The predicted octanol–water partition coefficient (Wildman–Crippen LogP) is 2.40. The molecule has 1 amide bonds. The van der Waals surface area contributed by atoms with Crippen molar-refractivity contribution in [2.45, 2.75) is 26.4 Å². The zero-order valence-electron chi connectivity index (χ0n) is 12.8. The van der Waals surface area contributed by atoms with E-state index in [1.807, 2.05) is 18.2 Å². The van der Waals surface area contributed by atoms with Gasteiger partial charge in [-0.15, -0.1) is 0 Å². The zero-order chi connectivity index (χ0) is 16.2. The summed E-state index contributed by atoms with van der Waals surface area (Å²) in [5.41, 5.74) is 0.108. The van der Waals surface area contributed by atoms with Crippen LogP contribution in [0.3, 0.4) is 0 Å². The zero-order valence-corrected chi connectivity index (χ0v) is 12.8. The fourth-order valence-electron chi connectivity index (χ4n) is 1.82. The van der Waals surface area contributed by atoms with Crippen LogP contribution in [0.5, 0.6) is 0 Å². The first-order valence-electron chi connectivity index (χ1n) is 6.92. The summed E-state index contributed by atoms with van der Waals surface area (Å²) in [6, 6.07) is 7.11. The topological polar surface area (TPSA) is 71.2 Å². The molecule has 0 saturated carbocycles. The summed E-state index contributed by atoms with van der Waals surface area (Å²) in [5.74, 6) is 5.79. The second-order valence-corrected chi connectivity index (χ2v) is 5.80. The lowest BCUT2D eigenvalue weighted by Gasteiger charge is -2.18. The van der Waals surface area contributed by atoms with Gasteiger partial charge in [0.2, 0.25) is 5.56 Å². The predicted molar refractivity (Wildman–Crippen MR) is 85.7 cm³/mol. The second kappa shape index (κ2) is 6.35. The Kier molecular flexibility index (Phi) is 4.52. The van der Waals surface area contributed by atoms with Crippen LogP contribution >= 0.6 is 0 Å². The van der Waals surface area contributed by atoms with E-state index < -0.39 is 11.7 Å². The summed E-state index contributed by atoms with van der Waals surface area (Å²) in [6.07, 6.45) is 1.17. The summed E-state index contributed by atoms with van der Waals surface area (Å²) >= 11 is 0. The van der Waals surface area contributed by atoms with Crippen molar-refractivity contribution < 1.29 is 9.53 Å². The lowest BCUT2D eigenvalue weighted by molar-refractivity contribution is 0.0535. The third-order valence-corrected chi connectivity index (χ3v) is 2.70. The number of rotatable bonds is 1. The fraction of sp³-hybridized carbons (Fsp3) is 0.294. The van der Waals surface area contributed by atoms with Crippen LogP contribution in [0.15, 0.2) is 35.3 Å². The molecule has 5 heteroatoms. The van der Waals surface area contributed by atoms with Crippen molar-refractivity contribution in [1.82, 2.24) is 10.3 Å². The van der Waals surface area contributed by atoms with Crippen LogP contribution in [-0.2, 0) is 4.74 Å². The van der Waals surface area contributed by atoms with Gasteiger partial charge in [0.1, 0.15) is 5.60 Å². The van der Waals surface area contributed by atoms with Crippen LogP contribution < -0.4 is 10.9 Å². The summed E-state index contributed by atoms with van der Waals surface area (Å²) in [5, 5.41) is 4.34. The molecule has 5 nitrogen and oxygen atoms in total. The number of alkyl carbamates (subject to hydrolysis) is 1. The Balaban J connectivity index is 2.00. The SMILES string of the molecule is CC(C)(C)OC(=O)NCC#Cc1ccc2c[nH]c(=O)cc2c1. The molecule has 22 heavy (non-hydrogen) atoms. The maximum absolute atomic E-state index is 11.4. The fourth-order valence-corrected chi connectivity index (χ4v) is 1.82. The number of amides is 1. The number of nitrogens with one attached hydrogen (secondary N) is 2. The summed E-state index contributed by atoms with van der Waals surface area (Å²) in [7, 11) is 0. The summed E-state index contributed by atoms with van der Waals surface area (Å²) in [4.78, 5) is 25.4. The average Bonchev–Trinajstić information content (AvgIpc) is 2.41. The van der Waals surface area contributed by atoms with Crippen LogP contribution in [-0.4, -0.2) is 23.2 Å². The van der Waals surface area contributed by atoms with Gasteiger partial charge in [-0.05, 0) is 43.7 Å². The minimum absolute atomic E-state index is 0.149. The van der Waals surface area contributed by atoms with E-state index in [0.29, 0.717) is 0 Å². The number of carbonyl (C=O) groups is 1. The molecule has 0 radical (unpaired) electrons. The largest absolute Gasteiger partial charge is 0.444 e. The van der Waals surface area contributed by atoms with Gasteiger partial charge in [-0.25, -0.2) is 4.79 Å². The molecule has 0 aliphatic carbocycles. The molecule has 0 fully saturated rings. The van der Waals surface area contributed by atoms with E-state index >= 15 is 0 Å². The van der Waals surface area contributed by atoms with Crippen molar-refractivity contribution >= 4 is 16.9 Å². The first kappa shape index (κ1) is 15.6. The maximum atomic E-state index is 11.4. The summed E-state index contributed by atoms with van der Waals surface area (Å²) in [6.45, 7) is 5.60. The van der Waals surface area contributed by atoms with E-state index in [0.717, 1.165) is 16.3 Å². The highest BCUT2D eigenvalue weighted by atomic mass is 16.6. The van der Waals surface area contributed by atoms with Gasteiger partial charge in [0.25, 0.3) is 0 Å². The highest BCUT2D eigenvalue weighted by Crippen LogP contribution is 2.12. The molecule has 2 N–H and O–H groups in total. The van der Waals surface area contributed by atoms with Gasteiger partial charge in [0.05, 0.1) is 6.54 Å². The standard InChI is InChI=1S/C17H18N2O3/c1-17(2,3)22-16(21)18-8-4-5-12-6-7-13-11-19-15(20)10-14(13)9-12/h6-7,9-11H,8H2,1-3H3,(H,18,21)(H,19,20). The molecule has 0 aliphatic rings. The number of ether oxygens (including phenoxy) is 1. The highest BCUT2D eigenvalue weighted by Gasteiger charge is 2.14. The lowest BCUT2D eigenvalue weighted by Crippen LogP contribution is -2.32. The molecule has 1 heterocycles. The number of benzene rings is 1. The number of carbonyl (C=O) groups excluding carboxylic acids is 1. The number of H-pyrrole nitrogens is 1. The molecule has 0 aliphatic heterocycles. The van der Waals surface area contributed by atoms with Gasteiger partial charge in [0.15, 0.2) is 0 Å². The molecule has 1 aromatic carbocycles. The van der Waals surface area contributed by atoms with E-state index in [4.69, 9.17) is 4.74 Å². The van der Waals surface area contributed by atoms with Gasteiger partial charge in [-0.1, -0.05) is 17.9 Å². The molecule has 2 aromatic rings. The number of aromatic amines is 1. The monoisotopic (exact) mass is 298 g/mol. The van der Waals surface area contributed by atoms with Gasteiger partial charge in [0, 0.05) is 17.8 Å². The van der Waals surface area contributed by atoms with E-state index in [2.05, 4.69) is 22.1 Å². The van der Waals surface area contributed by atoms with E-state index in [1.165, 1.54) is 6.07 Å². The van der Waals surface area contributed by atoms with E-state index in [9.17, 15) is 9.59 Å². The molecular weight excluding hydrogens is 280 g/mol. The molecule has 2 rings (SSSR count). The Labute approximate surface area is 128 Å². The van der Waals surface area contributed by atoms with Crippen molar-refractivity contribution in [3.8, 4) is 11.8 Å². The van der Waals surface area contributed by atoms with Crippen LogP contribution in [0, 0.1) is 11.8 Å². The van der Waals surface area contributed by atoms with Gasteiger partial charge >= 0.3 is 6.09 Å². The van der Waals surface area contributed by atoms with E-state index in [-0.39, 0.29) is 12.1 Å². The minimum Gasteiger partial charge on any atom is -0.444 e. The Bertz CT molecular complexity index is 804. The molecule has 0 bridgehead atoms. The van der Waals surface area contributed by atoms with Crippen LogP contribution in [0.2, 0.25) is 0 Å². The van der Waals surface area contributed by atoms with Gasteiger partial charge in [-0.2, -0.15) is 0 Å². The van der Waals surface area contributed by atoms with Gasteiger partial charge < -0.3 is 15.0 Å². The van der Waals surface area contributed by atoms with Crippen LogP contribution in [0.25, 0.3) is 10.8 Å². The normalized spacial score (nSPS) is 10.7. The first-order chi connectivity index (χ1) is 10.3. The van der Waals surface area contributed by atoms with Crippen molar-refractivity contribution in [3.05, 3.63) is 46.4 Å². The smallest absolute Gasteiger partial charge is 0.408 e. The number of hydrogen-bond donors (Lipinski definition) is 2. The van der Waals surface area contributed by atoms with Crippen molar-refractivity contribution in [2.75, 3.05) is 6.54 Å². The first-order valence-corrected chi connectivity index (χ1v) is 6.92. The Morgan fingerprint density at radius 2 is 2.05 bits per heavy atom. The molecule has 0 saturated heterocycles. The van der Waals surface area contributed by atoms with Crippen molar-refractivity contribution in [3.63, 3.8) is 0 Å². The quantitative estimate of drug-likeness (QED) is 0.794. The molecule has 0 spiro atoms. The van der Waals surface area contributed by atoms with E-state index in [1.54, 1.807) is 27.0 Å². The third-order valence-electron chi connectivity index (χ3n) is 2.70. The maximum Gasteiger partial charge on any atom is 0.408 e. The second-order valence-electron chi connectivity index (χ2n) is 5.80. The number of pyridine rings is 1. The number of aromatic nitrogens is 1. The molecule has 0 unspecified atom stereocenters. The molecule has 1 aromatic heterocycles. The highest BCUT2D eigenvalue weighted by molar-refractivity contribution is 5.82. The molecule has 0 atom stereocenters.